The van der Waals surface area contributed by atoms with Crippen molar-refractivity contribution in [3.05, 3.63) is 22.9 Å². The number of pyridine rings is 1. The molecule has 0 radical (unpaired) electrons. The van der Waals surface area contributed by atoms with Crippen molar-refractivity contribution < 1.29 is 40.6 Å². The average molecular weight is 396 g/mol. The molecule has 0 aromatic carbocycles. The Kier molecular flexibility index (Phi) is 5.65. The molecule has 0 N–H and O–H groups in total. The fourth-order valence-corrected chi connectivity index (χ4v) is 2.15. The molecule has 0 amide bonds. The number of carbonyl (C=O) groups is 1. The molecule has 0 atom stereocenters. The number of methoxy groups -OCH3 is 1. The third-order valence-electron chi connectivity index (χ3n) is 2.46. The van der Waals surface area contributed by atoms with Gasteiger partial charge in [-0.2, -0.15) is 13.2 Å². The van der Waals surface area contributed by atoms with Crippen LogP contribution in [0.5, 0.6) is 5.88 Å². The summed E-state index contributed by atoms with van der Waals surface area (Å²) in [6.07, 6.45) is -10.7. The molecular formula is C11H8BrF6NO3. The fourth-order valence-electron chi connectivity index (χ4n) is 1.57. The molecule has 0 fully saturated rings. The smallest absolute Gasteiger partial charge is 0.469 e. The maximum Gasteiger partial charge on any atom is 0.574 e. The lowest BCUT2D eigenvalue weighted by Gasteiger charge is -2.18. The van der Waals surface area contributed by atoms with Gasteiger partial charge < -0.3 is 9.47 Å². The summed E-state index contributed by atoms with van der Waals surface area (Å²) in [6.45, 7) is 0. The summed E-state index contributed by atoms with van der Waals surface area (Å²) in [4.78, 5) is 14.3. The van der Waals surface area contributed by atoms with Gasteiger partial charge in [0, 0.05) is 17.1 Å². The summed E-state index contributed by atoms with van der Waals surface area (Å²) < 4.78 is 83.4. The van der Waals surface area contributed by atoms with E-state index in [1.54, 1.807) is 0 Å². The molecule has 0 saturated heterocycles. The molecule has 124 valence electrons. The lowest BCUT2D eigenvalue weighted by molar-refractivity contribution is -0.276. The van der Waals surface area contributed by atoms with Gasteiger partial charge in [0.1, 0.15) is 0 Å². The minimum Gasteiger partial charge on any atom is -0.469 e. The number of halogens is 7. The van der Waals surface area contributed by atoms with Crippen LogP contribution in [0, 0.1) is 0 Å². The first-order valence-corrected chi connectivity index (χ1v) is 6.58. The SMILES string of the molecule is COC(=O)Cc1c(C(F)(F)F)cnc(OC(F)(F)F)c1CBr. The Morgan fingerprint density at radius 1 is 1.23 bits per heavy atom. The fraction of sp³-hybridized carbons (Fsp3) is 0.455. The Morgan fingerprint density at radius 3 is 2.23 bits per heavy atom. The molecule has 11 heteroatoms. The lowest BCUT2D eigenvalue weighted by Crippen LogP contribution is -2.22. The van der Waals surface area contributed by atoms with Gasteiger partial charge in [-0.25, -0.2) is 4.98 Å². The quantitative estimate of drug-likeness (QED) is 0.444. The van der Waals surface area contributed by atoms with Gasteiger partial charge in [0.15, 0.2) is 0 Å². The predicted octanol–water partition coefficient (Wildman–Crippen LogP) is 3.61. The standard InChI is InChI=1S/C11H8BrF6NO3/c1-21-8(20)2-5-6(3-12)9(22-11(16,17)18)19-4-7(5)10(13,14)15/h4H,2-3H2,1H3. The first kappa shape index (κ1) is 18.5. The number of esters is 1. The molecule has 0 bridgehead atoms. The van der Waals surface area contributed by atoms with Crippen LogP contribution in [0.3, 0.4) is 0 Å². The zero-order valence-corrected chi connectivity index (χ0v) is 12.4. The predicted molar refractivity (Wildman–Crippen MR) is 64.3 cm³/mol. The maximum atomic E-state index is 12.9. The van der Waals surface area contributed by atoms with E-state index < -0.39 is 52.8 Å². The van der Waals surface area contributed by atoms with Crippen LogP contribution in [0.15, 0.2) is 6.20 Å². The van der Waals surface area contributed by atoms with E-state index in [2.05, 4.69) is 30.4 Å². The number of ether oxygens (including phenoxy) is 2. The van der Waals surface area contributed by atoms with Crippen LogP contribution >= 0.6 is 15.9 Å². The number of hydrogen-bond donors (Lipinski definition) is 0. The lowest BCUT2D eigenvalue weighted by atomic mass is 10.0. The Bertz CT molecular complexity index is 558. The largest absolute Gasteiger partial charge is 0.574 e. The topological polar surface area (TPSA) is 48.4 Å². The van der Waals surface area contributed by atoms with E-state index in [0.717, 1.165) is 7.11 Å². The van der Waals surface area contributed by atoms with E-state index in [0.29, 0.717) is 0 Å². The van der Waals surface area contributed by atoms with Crippen molar-refractivity contribution in [1.29, 1.82) is 0 Å². The third-order valence-corrected chi connectivity index (χ3v) is 3.02. The highest BCUT2D eigenvalue weighted by Gasteiger charge is 2.39. The van der Waals surface area contributed by atoms with Crippen LogP contribution < -0.4 is 4.74 Å². The van der Waals surface area contributed by atoms with E-state index in [1.807, 2.05) is 0 Å². The molecule has 22 heavy (non-hydrogen) atoms. The molecule has 1 rings (SSSR count). The van der Waals surface area contributed by atoms with E-state index in [4.69, 9.17) is 0 Å². The Labute approximate surface area is 128 Å². The van der Waals surface area contributed by atoms with Crippen molar-refractivity contribution in [1.82, 2.24) is 4.98 Å². The highest BCUT2D eigenvalue weighted by atomic mass is 79.9. The number of carbonyl (C=O) groups excluding carboxylic acids is 1. The van der Waals surface area contributed by atoms with E-state index in [-0.39, 0.29) is 6.20 Å². The molecule has 1 aromatic heterocycles. The normalized spacial score (nSPS) is 12.2. The second kappa shape index (κ2) is 6.71. The molecule has 0 saturated carbocycles. The second-order valence-corrected chi connectivity index (χ2v) is 4.43. The van der Waals surface area contributed by atoms with E-state index >= 15 is 0 Å². The Morgan fingerprint density at radius 2 is 1.82 bits per heavy atom. The van der Waals surface area contributed by atoms with Crippen LogP contribution in [0.4, 0.5) is 26.3 Å². The number of hydrogen-bond acceptors (Lipinski definition) is 4. The highest BCUT2D eigenvalue weighted by molar-refractivity contribution is 9.08. The van der Waals surface area contributed by atoms with Crippen LogP contribution in [0.1, 0.15) is 16.7 Å². The minimum atomic E-state index is -5.13. The summed E-state index contributed by atoms with van der Waals surface area (Å²) in [7, 11) is 0.942. The van der Waals surface area contributed by atoms with Crippen LogP contribution in [-0.4, -0.2) is 24.4 Å². The summed E-state index contributed by atoms with van der Waals surface area (Å²) >= 11 is 2.77. The third kappa shape index (κ3) is 4.75. The zero-order chi connectivity index (χ0) is 17.1. The van der Waals surface area contributed by atoms with Crippen LogP contribution in [0.2, 0.25) is 0 Å². The van der Waals surface area contributed by atoms with Crippen molar-refractivity contribution >= 4 is 21.9 Å². The summed E-state index contributed by atoms with van der Waals surface area (Å²) in [6, 6.07) is 0. The van der Waals surface area contributed by atoms with Gasteiger partial charge in [0.2, 0.25) is 5.88 Å². The summed E-state index contributed by atoms with van der Waals surface area (Å²) in [5.74, 6) is -2.10. The van der Waals surface area contributed by atoms with Gasteiger partial charge in [-0.1, -0.05) is 15.9 Å². The molecule has 1 aromatic rings. The second-order valence-electron chi connectivity index (χ2n) is 3.87. The Hall–Kier alpha value is -1.52. The number of alkyl halides is 7. The van der Waals surface area contributed by atoms with E-state index in [1.165, 1.54) is 0 Å². The number of rotatable bonds is 4. The zero-order valence-electron chi connectivity index (χ0n) is 10.8. The summed E-state index contributed by atoms with van der Waals surface area (Å²) in [5, 5.41) is -0.429. The van der Waals surface area contributed by atoms with Crippen LogP contribution in [-0.2, 0) is 27.5 Å². The number of aromatic nitrogens is 1. The first-order valence-electron chi connectivity index (χ1n) is 5.46. The monoisotopic (exact) mass is 395 g/mol. The molecule has 4 nitrogen and oxygen atoms in total. The highest BCUT2D eigenvalue weighted by Crippen LogP contribution is 2.38. The maximum absolute atomic E-state index is 12.9. The Balaban J connectivity index is 3.48. The van der Waals surface area contributed by atoms with Gasteiger partial charge in [-0.15, -0.1) is 13.2 Å². The van der Waals surface area contributed by atoms with Crippen molar-refractivity contribution in [3.8, 4) is 5.88 Å². The molecular weight excluding hydrogens is 388 g/mol. The van der Waals surface area contributed by atoms with Crippen molar-refractivity contribution in [3.63, 3.8) is 0 Å². The number of nitrogens with zero attached hydrogens (tertiary/aromatic N) is 1. The minimum absolute atomic E-state index is 0.186. The van der Waals surface area contributed by atoms with Gasteiger partial charge in [-0.3, -0.25) is 4.79 Å². The average Bonchev–Trinajstić information content (AvgIpc) is 2.35. The van der Waals surface area contributed by atoms with Crippen molar-refractivity contribution in [2.24, 2.45) is 0 Å². The molecule has 0 unspecified atom stereocenters. The van der Waals surface area contributed by atoms with Gasteiger partial charge in [-0.05, 0) is 5.56 Å². The molecule has 1 heterocycles. The van der Waals surface area contributed by atoms with Gasteiger partial charge >= 0.3 is 18.5 Å². The van der Waals surface area contributed by atoms with Crippen LogP contribution in [0.25, 0.3) is 0 Å². The van der Waals surface area contributed by atoms with Gasteiger partial charge in [0.05, 0.1) is 19.1 Å². The van der Waals surface area contributed by atoms with Crippen molar-refractivity contribution in [2.45, 2.75) is 24.3 Å². The molecule has 0 aliphatic rings. The van der Waals surface area contributed by atoms with E-state index in [9.17, 15) is 31.1 Å². The molecule has 0 spiro atoms. The molecule has 0 aliphatic carbocycles. The summed E-state index contributed by atoms with van der Waals surface area (Å²) in [5.41, 5.74) is -2.55. The molecule has 0 aliphatic heterocycles. The van der Waals surface area contributed by atoms with Gasteiger partial charge in [0.25, 0.3) is 0 Å². The van der Waals surface area contributed by atoms with Crippen molar-refractivity contribution in [2.75, 3.05) is 7.11 Å². The first-order chi connectivity index (χ1) is 9.99.